The third-order valence-corrected chi connectivity index (χ3v) is 1.81. The molecule has 0 bridgehead atoms. The Morgan fingerprint density at radius 3 is 2.57 bits per heavy atom. The molecule has 0 spiro atoms. The van der Waals surface area contributed by atoms with Crippen molar-refractivity contribution < 1.29 is 0 Å². The number of aromatic nitrogens is 2. The average molecular weight is 192 g/mol. The Kier molecular flexibility index (Phi) is 6.46. The van der Waals surface area contributed by atoms with Gasteiger partial charge in [-0.25, -0.2) is 4.98 Å². The van der Waals surface area contributed by atoms with E-state index in [4.69, 9.17) is 0 Å². The van der Waals surface area contributed by atoms with Crippen molar-refractivity contribution in [3.05, 3.63) is 36.9 Å². The van der Waals surface area contributed by atoms with Gasteiger partial charge in [-0.05, 0) is 12.0 Å². The van der Waals surface area contributed by atoms with E-state index in [-0.39, 0.29) is 0 Å². The van der Waals surface area contributed by atoms with Gasteiger partial charge in [-0.15, -0.1) is 0 Å². The Balaban J connectivity index is 0.000000791. The second kappa shape index (κ2) is 7.13. The normalized spacial score (nSPS) is 10.4. The minimum Gasteiger partial charge on any atom is -0.334 e. The van der Waals surface area contributed by atoms with Gasteiger partial charge in [0.2, 0.25) is 0 Å². The molecule has 2 nitrogen and oxygen atoms in total. The molecule has 0 radical (unpaired) electrons. The molecule has 1 aromatic rings. The van der Waals surface area contributed by atoms with Crippen LogP contribution in [0.15, 0.2) is 31.1 Å². The first-order valence-corrected chi connectivity index (χ1v) is 5.09. The summed E-state index contributed by atoms with van der Waals surface area (Å²) in [6.45, 7) is 9.79. The van der Waals surface area contributed by atoms with Gasteiger partial charge in [0.05, 0.1) is 0 Å². The lowest BCUT2D eigenvalue weighted by molar-refractivity contribution is 0.881. The number of rotatable bonds is 3. The van der Waals surface area contributed by atoms with Gasteiger partial charge in [0.1, 0.15) is 5.82 Å². The maximum atomic E-state index is 4.25. The molecule has 0 fully saturated rings. The minimum absolute atomic E-state index is 0.983. The van der Waals surface area contributed by atoms with E-state index in [0.29, 0.717) is 0 Å². The molecule has 0 aliphatic carbocycles. The summed E-state index contributed by atoms with van der Waals surface area (Å²) in [5.41, 5.74) is 1.22. The first kappa shape index (κ1) is 12.7. The van der Waals surface area contributed by atoms with Gasteiger partial charge in [0.15, 0.2) is 0 Å². The molecule has 0 N–H and O–H groups in total. The standard InChI is InChI=1S/C10H14N2.C2H6/c1-4-6-9(5-2)10-11-7-8-12(10)3;1-2/h4,6-8H,1,5H2,2-3H3;1-2H3/b9-6-;. The highest BCUT2D eigenvalue weighted by Crippen LogP contribution is 2.14. The van der Waals surface area contributed by atoms with Crippen LogP contribution in [-0.4, -0.2) is 9.55 Å². The molecule has 0 aliphatic rings. The molecule has 0 unspecified atom stereocenters. The van der Waals surface area contributed by atoms with Crippen LogP contribution in [0.2, 0.25) is 0 Å². The highest BCUT2D eigenvalue weighted by atomic mass is 15.0. The second-order valence-electron chi connectivity index (χ2n) is 2.64. The molecule has 0 amide bonds. The third-order valence-electron chi connectivity index (χ3n) is 1.81. The van der Waals surface area contributed by atoms with Crippen molar-refractivity contribution in [3.8, 4) is 0 Å². The van der Waals surface area contributed by atoms with E-state index in [0.717, 1.165) is 12.2 Å². The van der Waals surface area contributed by atoms with Gasteiger partial charge in [-0.3, -0.25) is 0 Å². The minimum atomic E-state index is 0.983. The van der Waals surface area contributed by atoms with Crippen LogP contribution in [0.1, 0.15) is 33.0 Å². The highest BCUT2D eigenvalue weighted by molar-refractivity contribution is 5.61. The zero-order chi connectivity index (χ0) is 11.0. The molecular weight excluding hydrogens is 172 g/mol. The molecule has 1 heterocycles. The van der Waals surface area contributed by atoms with E-state index < -0.39 is 0 Å². The molecule has 78 valence electrons. The van der Waals surface area contributed by atoms with E-state index in [9.17, 15) is 0 Å². The summed E-state index contributed by atoms with van der Waals surface area (Å²) in [6, 6.07) is 0. The van der Waals surface area contributed by atoms with E-state index in [2.05, 4.69) is 18.5 Å². The van der Waals surface area contributed by atoms with Gasteiger partial charge in [0, 0.05) is 19.4 Å². The summed E-state index contributed by atoms with van der Waals surface area (Å²) in [6.07, 6.45) is 8.54. The molecular formula is C12H20N2. The maximum absolute atomic E-state index is 4.25. The lowest BCUT2D eigenvalue weighted by Gasteiger charge is -2.02. The number of imidazole rings is 1. The molecule has 1 aromatic heterocycles. The largest absolute Gasteiger partial charge is 0.334 e. The van der Waals surface area contributed by atoms with Crippen LogP contribution in [0.5, 0.6) is 0 Å². The monoisotopic (exact) mass is 192 g/mol. The Hall–Kier alpha value is -1.31. The van der Waals surface area contributed by atoms with Crippen LogP contribution in [0.25, 0.3) is 5.57 Å². The van der Waals surface area contributed by atoms with Crippen molar-refractivity contribution in [3.63, 3.8) is 0 Å². The summed E-state index contributed by atoms with van der Waals surface area (Å²) in [5.74, 6) is 1.03. The Labute approximate surface area is 87.0 Å². The molecule has 14 heavy (non-hydrogen) atoms. The topological polar surface area (TPSA) is 17.8 Å². The van der Waals surface area contributed by atoms with Crippen LogP contribution in [0.3, 0.4) is 0 Å². The fraction of sp³-hybridized carbons (Fsp3) is 0.417. The predicted molar refractivity (Wildman–Crippen MR) is 63.0 cm³/mol. The third kappa shape index (κ3) is 3.21. The van der Waals surface area contributed by atoms with E-state index in [1.54, 1.807) is 6.08 Å². The van der Waals surface area contributed by atoms with E-state index in [1.165, 1.54) is 5.57 Å². The van der Waals surface area contributed by atoms with Crippen molar-refractivity contribution in [2.24, 2.45) is 7.05 Å². The van der Waals surface area contributed by atoms with Gasteiger partial charge < -0.3 is 4.57 Å². The Bertz CT molecular complexity index is 295. The van der Waals surface area contributed by atoms with Crippen molar-refractivity contribution in [1.82, 2.24) is 9.55 Å². The summed E-state index contributed by atoms with van der Waals surface area (Å²) in [7, 11) is 1.99. The molecule has 1 rings (SSSR count). The number of allylic oxidation sites excluding steroid dienone is 3. The van der Waals surface area contributed by atoms with Crippen LogP contribution in [-0.2, 0) is 7.05 Å². The van der Waals surface area contributed by atoms with Gasteiger partial charge >= 0.3 is 0 Å². The summed E-state index contributed by atoms with van der Waals surface area (Å²) >= 11 is 0. The van der Waals surface area contributed by atoms with Crippen LogP contribution >= 0.6 is 0 Å². The second-order valence-corrected chi connectivity index (χ2v) is 2.64. The fourth-order valence-corrected chi connectivity index (χ4v) is 1.17. The summed E-state index contributed by atoms with van der Waals surface area (Å²) in [5, 5.41) is 0. The lowest BCUT2D eigenvalue weighted by Crippen LogP contribution is -1.95. The fourth-order valence-electron chi connectivity index (χ4n) is 1.17. The van der Waals surface area contributed by atoms with Gasteiger partial charge in [0.25, 0.3) is 0 Å². The summed E-state index contributed by atoms with van der Waals surface area (Å²) in [4.78, 5) is 4.25. The van der Waals surface area contributed by atoms with Crippen LogP contribution < -0.4 is 0 Å². The quantitative estimate of drug-likeness (QED) is 0.671. The van der Waals surface area contributed by atoms with Crippen LogP contribution in [0.4, 0.5) is 0 Å². The number of hydrogen-bond acceptors (Lipinski definition) is 1. The van der Waals surface area contributed by atoms with E-state index in [1.807, 2.05) is 43.9 Å². The molecule has 0 saturated carbocycles. The Morgan fingerprint density at radius 1 is 1.57 bits per heavy atom. The van der Waals surface area contributed by atoms with Crippen molar-refractivity contribution in [2.75, 3.05) is 0 Å². The lowest BCUT2D eigenvalue weighted by atomic mass is 10.2. The first-order chi connectivity index (χ1) is 6.79. The van der Waals surface area contributed by atoms with Crippen molar-refractivity contribution in [1.29, 1.82) is 0 Å². The van der Waals surface area contributed by atoms with Crippen molar-refractivity contribution in [2.45, 2.75) is 27.2 Å². The molecule has 0 atom stereocenters. The van der Waals surface area contributed by atoms with E-state index >= 15 is 0 Å². The average Bonchev–Trinajstić information content (AvgIpc) is 2.64. The first-order valence-electron chi connectivity index (χ1n) is 5.09. The van der Waals surface area contributed by atoms with Crippen molar-refractivity contribution >= 4 is 5.57 Å². The van der Waals surface area contributed by atoms with Gasteiger partial charge in [-0.1, -0.05) is 39.5 Å². The maximum Gasteiger partial charge on any atom is 0.135 e. The predicted octanol–water partition coefficient (Wildman–Crippen LogP) is 3.43. The number of aryl methyl sites for hydroxylation is 1. The molecule has 2 heteroatoms. The number of nitrogens with zero attached hydrogens (tertiary/aromatic N) is 2. The SMILES string of the molecule is C=C/C=C(/CC)c1nccn1C.CC. The molecule has 0 saturated heterocycles. The zero-order valence-corrected chi connectivity index (χ0v) is 9.62. The highest BCUT2D eigenvalue weighted by Gasteiger charge is 2.02. The Morgan fingerprint density at radius 2 is 2.21 bits per heavy atom. The summed E-state index contributed by atoms with van der Waals surface area (Å²) < 4.78 is 2.01. The smallest absolute Gasteiger partial charge is 0.135 e. The van der Waals surface area contributed by atoms with Crippen LogP contribution in [0, 0.1) is 0 Å². The molecule has 0 aromatic carbocycles. The molecule has 0 aliphatic heterocycles. The van der Waals surface area contributed by atoms with Gasteiger partial charge in [-0.2, -0.15) is 0 Å². The number of hydrogen-bond donors (Lipinski definition) is 0. The zero-order valence-electron chi connectivity index (χ0n) is 9.62.